The van der Waals surface area contributed by atoms with Crippen molar-refractivity contribution < 1.29 is 43.8 Å². The average Bonchev–Trinajstić information content (AvgIpc) is 2.56. The van der Waals surface area contributed by atoms with Crippen LogP contribution in [0.2, 0.25) is 0 Å². The van der Waals surface area contributed by atoms with E-state index < -0.39 is 12.0 Å². The Bertz CT molecular complexity index is 742. The molecule has 0 aliphatic heterocycles. The van der Waals surface area contributed by atoms with Gasteiger partial charge in [-0.3, -0.25) is 0 Å². The standard InChI is InChI=1S/C20H22FNO2.Na/c1-13(2)14-7-9-15(10-8-14)16(11-12-19(22)20(23)24)17-5-3-4-6-18(17)21;/h3-11,13,19H,12,22H2,1-2H3,(H,23,24);/q;+1/p-1. The van der Waals surface area contributed by atoms with E-state index in [1.54, 1.807) is 24.3 Å². The monoisotopic (exact) mass is 349 g/mol. The average molecular weight is 349 g/mol. The number of hydrogen-bond acceptors (Lipinski definition) is 3. The van der Waals surface area contributed by atoms with Gasteiger partial charge < -0.3 is 15.6 Å². The van der Waals surface area contributed by atoms with Crippen LogP contribution in [0.5, 0.6) is 0 Å². The molecule has 1 unspecified atom stereocenters. The van der Waals surface area contributed by atoms with E-state index in [0.29, 0.717) is 17.1 Å². The number of halogens is 1. The topological polar surface area (TPSA) is 66.2 Å². The third kappa shape index (κ3) is 5.79. The molecular weight excluding hydrogens is 328 g/mol. The minimum absolute atomic E-state index is 0. The Hall–Kier alpha value is -1.46. The minimum atomic E-state index is -1.32. The molecule has 2 aromatic rings. The van der Waals surface area contributed by atoms with Crippen LogP contribution >= 0.6 is 0 Å². The number of rotatable bonds is 6. The van der Waals surface area contributed by atoms with Gasteiger partial charge in [-0.05, 0) is 35.1 Å². The first-order valence-corrected chi connectivity index (χ1v) is 7.92. The quantitative estimate of drug-likeness (QED) is 0.738. The van der Waals surface area contributed by atoms with Crippen LogP contribution < -0.4 is 40.4 Å². The van der Waals surface area contributed by atoms with Gasteiger partial charge in [0, 0.05) is 11.6 Å². The van der Waals surface area contributed by atoms with E-state index in [0.717, 1.165) is 5.56 Å². The van der Waals surface area contributed by atoms with Crippen molar-refractivity contribution in [2.24, 2.45) is 5.73 Å². The van der Waals surface area contributed by atoms with Crippen molar-refractivity contribution in [3.8, 4) is 0 Å². The zero-order chi connectivity index (χ0) is 17.7. The Balaban J connectivity index is 0.00000312. The van der Waals surface area contributed by atoms with Crippen molar-refractivity contribution in [3.05, 3.63) is 77.1 Å². The molecule has 0 aliphatic carbocycles. The summed E-state index contributed by atoms with van der Waals surface area (Å²) in [7, 11) is 0. The number of aliphatic carboxylic acids is 1. The molecule has 1 atom stereocenters. The number of carboxylic acid groups (broad SMARTS) is 1. The molecule has 0 radical (unpaired) electrons. The predicted octanol–water partition coefficient (Wildman–Crippen LogP) is -0.148. The van der Waals surface area contributed by atoms with Crippen LogP contribution in [0.1, 0.15) is 42.9 Å². The molecular formula is C20H21FNNaO2. The van der Waals surface area contributed by atoms with Crippen molar-refractivity contribution in [3.63, 3.8) is 0 Å². The van der Waals surface area contributed by atoms with Gasteiger partial charge in [0.2, 0.25) is 0 Å². The zero-order valence-corrected chi connectivity index (χ0v) is 16.8. The Morgan fingerprint density at radius 2 is 1.76 bits per heavy atom. The SMILES string of the molecule is CC(C)c1ccc(C(=CCC(N)C(=O)[O-])c2ccccc2F)cc1.[Na+]. The van der Waals surface area contributed by atoms with Gasteiger partial charge in [0.15, 0.2) is 0 Å². The number of carbonyl (C=O) groups is 1. The van der Waals surface area contributed by atoms with Gasteiger partial charge in [-0.2, -0.15) is 0 Å². The molecule has 25 heavy (non-hydrogen) atoms. The van der Waals surface area contributed by atoms with E-state index in [1.807, 2.05) is 24.3 Å². The number of carboxylic acids is 1. The Kier molecular flexibility index (Phi) is 8.53. The van der Waals surface area contributed by atoms with Crippen LogP contribution in [0.25, 0.3) is 5.57 Å². The van der Waals surface area contributed by atoms with E-state index in [9.17, 15) is 14.3 Å². The predicted molar refractivity (Wildman–Crippen MR) is 91.6 cm³/mol. The summed E-state index contributed by atoms with van der Waals surface area (Å²) in [5, 5.41) is 10.8. The maximum Gasteiger partial charge on any atom is 1.00 e. The van der Waals surface area contributed by atoms with E-state index in [2.05, 4.69) is 13.8 Å². The summed E-state index contributed by atoms with van der Waals surface area (Å²) < 4.78 is 14.2. The molecule has 0 fully saturated rings. The van der Waals surface area contributed by atoms with Crippen molar-refractivity contribution in [2.45, 2.75) is 32.2 Å². The normalized spacial score (nSPS) is 12.6. The molecule has 5 heteroatoms. The molecule has 3 nitrogen and oxygen atoms in total. The Morgan fingerprint density at radius 3 is 2.28 bits per heavy atom. The summed E-state index contributed by atoms with van der Waals surface area (Å²) in [4.78, 5) is 10.8. The smallest absolute Gasteiger partial charge is 0.548 e. The van der Waals surface area contributed by atoms with Gasteiger partial charge in [0.05, 0.1) is 5.97 Å². The van der Waals surface area contributed by atoms with Crippen LogP contribution in [0, 0.1) is 5.82 Å². The molecule has 2 aromatic carbocycles. The summed E-state index contributed by atoms with van der Waals surface area (Å²) in [5.41, 5.74) is 8.56. The number of hydrogen-bond donors (Lipinski definition) is 1. The fraction of sp³-hybridized carbons (Fsp3) is 0.250. The Morgan fingerprint density at radius 1 is 1.16 bits per heavy atom. The summed E-state index contributed by atoms with van der Waals surface area (Å²) >= 11 is 0. The first-order valence-electron chi connectivity index (χ1n) is 7.92. The number of carbonyl (C=O) groups excluding carboxylic acids is 1. The van der Waals surface area contributed by atoms with Crippen molar-refractivity contribution >= 4 is 11.5 Å². The minimum Gasteiger partial charge on any atom is -0.548 e. The number of benzene rings is 2. The second-order valence-corrected chi connectivity index (χ2v) is 6.04. The molecule has 0 heterocycles. The van der Waals surface area contributed by atoms with Gasteiger partial charge in [-0.25, -0.2) is 4.39 Å². The fourth-order valence-electron chi connectivity index (χ4n) is 2.45. The third-order valence-corrected chi connectivity index (χ3v) is 3.93. The maximum absolute atomic E-state index is 14.2. The largest absolute Gasteiger partial charge is 1.00 e. The molecule has 0 saturated carbocycles. The van der Waals surface area contributed by atoms with E-state index in [4.69, 9.17) is 5.73 Å². The first-order chi connectivity index (χ1) is 11.4. The summed E-state index contributed by atoms with van der Waals surface area (Å²) in [5.74, 6) is -1.29. The van der Waals surface area contributed by atoms with Crippen LogP contribution in [0.15, 0.2) is 54.6 Å². The van der Waals surface area contributed by atoms with E-state index in [1.165, 1.54) is 11.6 Å². The second kappa shape index (κ2) is 9.88. The van der Waals surface area contributed by atoms with Gasteiger partial charge >= 0.3 is 29.6 Å². The number of nitrogens with two attached hydrogens (primary N) is 1. The van der Waals surface area contributed by atoms with Crippen molar-refractivity contribution in [1.82, 2.24) is 0 Å². The van der Waals surface area contributed by atoms with Crippen LogP contribution in [0.4, 0.5) is 4.39 Å². The molecule has 2 N–H and O–H groups in total. The third-order valence-electron chi connectivity index (χ3n) is 3.93. The molecule has 0 bridgehead atoms. The zero-order valence-electron chi connectivity index (χ0n) is 14.8. The fourth-order valence-corrected chi connectivity index (χ4v) is 2.45. The van der Waals surface area contributed by atoms with Gasteiger partial charge in [0.25, 0.3) is 0 Å². The molecule has 0 aliphatic rings. The summed E-state index contributed by atoms with van der Waals surface area (Å²) in [6.07, 6.45) is 1.72. The Labute approximate surface area is 170 Å². The second-order valence-electron chi connectivity index (χ2n) is 6.04. The molecule has 2 rings (SSSR count). The van der Waals surface area contributed by atoms with Crippen LogP contribution in [-0.2, 0) is 4.79 Å². The van der Waals surface area contributed by atoms with Crippen LogP contribution in [-0.4, -0.2) is 12.0 Å². The summed E-state index contributed by atoms with van der Waals surface area (Å²) in [6, 6.07) is 13.1. The maximum atomic E-state index is 14.2. The van der Waals surface area contributed by atoms with Gasteiger partial charge in [-0.1, -0.05) is 62.4 Å². The molecule has 126 valence electrons. The first kappa shape index (κ1) is 21.6. The van der Waals surface area contributed by atoms with Crippen LogP contribution in [0.3, 0.4) is 0 Å². The molecule has 0 spiro atoms. The van der Waals surface area contributed by atoms with Crippen molar-refractivity contribution in [2.75, 3.05) is 0 Å². The molecule has 0 aromatic heterocycles. The van der Waals surface area contributed by atoms with Gasteiger partial charge in [-0.15, -0.1) is 0 Å². The van der Waals surface area contributed by atoms with Gasteiger partial charge in [0.1, 0.15) is 5.82 Å². The van der Waals surface area contributed by atoms with E-state index >= 15 is 0 Å². The summed E-state index contributed by atoms with van der Waals surface area (Å²) in [6.45, 7) is 4.20. The molecule has 0 amide bonds. The molecule has 0 saturated heterocycles. The van der Waals surface area contributed by atoms with Crippen molar-refractivity contribution in [1.29, 1.82) is 0 Å². The van der Waals surface area contributed by atoms with E-state index in [-0.39, 0.29) is 41.8 Å².